The van der Waals surface area contributed by atoms with Gasteiger partial charge in [-0.3, -0.25) is 10.1 Å². The largest absolute Gasteiger partial charge is 0.457 e. The Morgan fingerprint density at radius 1 is 0.912 bits per heavy atom. The summed E-state index contributed by atoms with van der Waals surface area (Å²) in [5.74, 6) is 0.100. The van der Waals surface area contributed by atoms with Crippen molar-refractivity contribution >= 4 is 28.9 Å². The number of ether oxygens (including phenoxy) is 1. The van der Waals surface area contributed by atoms with Crippen molar-refractivity contribution in [3.63, 3.8) is 0 Å². The van der Waals surface area contributed by atoms with E-state index in [1.807, 2.05) is 18.2 Å². The first kappa shape index (κ1) is 23.0. The molecule has 172 valence electrons. The summed E-state index contributed by atoms with van der Waals surface area (Å²) in [6.07, 6.45) is -3.96. The van der Waals surface area contributed by atoms with Gasteiger partial charge in [-0.25, -0.2) is 4.68 Å². The Bertz CT molecular complexity index is 1310. The summed E-state index contributed by atoms with van der Waals surface area (Å²) in [6, 6.07) is 23.6. The van der Waals surface area contributed by atoms with Crippen molar-refractivity contribution in [1.82, 2.24) is 15.1 Å². The molecule has 2 N–H and O–H groups in total. The number of anilines is 1. The highest BCUT2D eigenvalue weighted by molar-refractivity contribution is 7.80. The molecule has 1 aromatic heterocycles. The average molecular weight is 482 g/mol. The summed E-state index contributed by atoms with van der Waals surface area (Å²) in [6.45, 7) is 0. The van der Waals surface area contributed by atoms with Gasteiger partial charge in [-0.1, -0.05) is 42.5 Å². The minimum absolute atomic E-state index is 0.171. The fourth-order valence-corrected chi connectivity index (χ4v) is 3.36. The summed E-state index contributed by atoms with van der Waals surface area (Å²) in [5, 5.41) is 8.65. The Morgan fingerprint density at radius 2 is 1.56 bits per heavy atom. The van der Waals surface area contributed by atoms with E-state index in [2.05, 4.69) is 15.7 Å². The predicted molar refractivity (Wildman–Crippen MR) is 125 cm³/mol. The lowest BCUT2D eigenvalue weighted by Crippen LogP contribution is -2.35. The van der Waals surface area contributed by atoms with Crippen LogP contribution in [-0.4, -0.2) is 20.8 Å². The van der Waals surface area contributed by atoms with Crippen LogP contribution in [0.15, 0.2) is 91.1 Å². The molecule has 0 atom stereocenters. The fourth-order valence-electron chi connectivity index (χ4n) is 3.15. The van der Waals surface area contributed by atoms with Crippen LogP contribution in [0.4, 0.5) is 18.9 Å². The lowest BCUT2D eigenvalue weighted by atomic mass is 10.2. The molecule has 6 nitrogen and oxygen atoms in total. The first-order valence-electron chi connectivity index (χ1n) is 9.97. The molecule has 0 radical (unpaired) electrons. The molecular weight excluding hydrogens is 465 g/mol. The van der Waals surface area contributed by atoms with Gasteiger partial charge >= 0.3 is 6.18 Å². The van der Waals surface area contributed by atoms with Gasteiger partial charge in [0.05, 0.1) is 17.4 Å². The van der Waals surface area contributed by atoms with Crippen molar-refractivity contribution < 1.29 is 22.7 Å². The number of halogens is 3. The minimum Gasteiger partial charge on any atom is -0.457 e. The Balaban J connectivity index is 1.49. The monoisotopic (exact) mass is 482 g/mol. The molecule has 0 aliphatic heterocycles. The molecule has 1 heterocycles. The zero-order valence-corrected chi connectivity index (χ0v) is 18.2. The normalized spacial score (nSPS) is 11.0. The molecule has 4 rings (SSSR count). The van der Waals surface area contributed by atoms with Gasteiger partial charge < -0.3 is 10.1 Å². The zero-order chi connectivity index (χ0) is 24.1. The van der Waals surface area contributed by atoms with Crippen molar-refractivity contribution in [2.45, 2.75) is 6.18 Å². The quantitative estimate of drug-likeness (QED) is 0.352. The third kappa shape index (κ3) is 5.41. The molecule has 0 spiro atoms. The predicted octanol–water partition coefficient (Wildman–Crippen LogP) is 5.81. The first-order valence-corrected chi connectivity index (χ1v) is 10.4. The van der Waals surface area contributed by atoms with E-state index in [1.54, 1.807) is 54.6 Å². The van der Waals surface area contributed by atoms with Crippen molar-refractivity contribution in [1.29, 1.82) is 0 Å². The number of hydrogen-bond donors (Lipinski definition) is 2. The molecule has 0 bridgehead atoms. The minimum atomic E-state index is -4.82. The summed E-state index contributed by atoms with van der Waals surface area (Å²) in [5.41, 5.74) is -1.20. The maximum atomic E-state index is 13.8. The van der Waals surface area contributed by atoms with Crippen molar-refractivity contribution in [3.05, 3.63) is 102 Å². The number of alkyl halides is 3. The third-order valence-electron chi connectivity index (χ3n) is 4.58. The molecule has 34 heavy (non-hydrogen) atoms. The summed E-state index contributed by atoms with van der Waals surface area (Å²) >= 11 is 5.13. The number of rotatable bonds is 5. The number of thiocarbonyl (C=S) groups is 1. The van der Waals surface area contributed by atoms with E-state index in [4.69, 9.17) is 17.0 Å². The molecular formula is C24H17F3N4O2S. The van der Waals surface area contributed by atoms with Gasteiger partial charge in [-0.2, -0.15) is 18.3 Å². The van der Waals surface area contributed by atoms with Crippen LogP contribution in [0.25, 0.3) is 5.69 Å². The summed E-state index contributed by atoms with van der Waals surface area (Å²) < 4.78 is 47.8. The molecule has 3 aromatic carbocycles. The van der Waals surface area contributed by atoms with Crippen LogP contribution in [0, 0.1) is 0 Å². The topological polar surface area (TPSA) is 68.2 Å². The van der Waals surface area contributed by atoms with E-state index in [9.17, 15) is 18.0 Å². The van der Waals surface area contributed by atoms with Gasteiger partial charge in [0.25, 0.3) is 5.91 Å². The molecule has 10 heteroatoms. The van der Waals surface area contributed by atoms with Gasteiger partial charge in [0.2, 0.25) is 0 Å². The summed E-state index contributed by atoms with van der Waals surface area (Å²) in [4.78, 5) is 12.6. The molecule has 0 unspecified atom stereocenters. The van der Waals surface area contributed by atoms with Gasteiger partial charge in [0.15, 0.2) is 10.8 Å². The second kappa shape index (κ2) is 9.75. The number of hydrogen-bond acceptors (Lipinski definition) is 4. The van der Waals surface area contributed by atoms with Gasteiger partial charge in [-0.05, 0) is 48.6 Å². The van der Waals surface area contributed by atoms with Crippen LogP contribution < -0.4 is 15.4 Å². The van der Waals surface area contributed by atoms with E-state index in [1.165, 1.54) is 12.1 Å². The average Bonchev–Trinajstić information content (AvgIpc) is 3.27. The smallest absolute Gasteiger partial charge is 0.434 e. The van der Waals surface area contributed by atoms with Crippen LogP contribution >= 0.6 is 12.2 Å². The first-order chi connectivity index (χ1) is 16.3. The second-order valence-electron chi connectivity index (χ2n) is 7.00. The lowest BCUT2D eigenvalue weighted by Gasteiger charge is -2.14. The number of aromatic nitrogens is 2. The Morgan fingerprint density at radius 3 is 2.24 bits per heavy atom. The lowest BCUT2D eigenvalue weighted by molar-refractivity contribution is -0.143. The number of nitrogens with one attached hydrogen (secondary N) is 2. The highest BCUT2D eigenvalue weighted by atomic mass is 32.1. The molecule has 0 saturated carbocycles. The van der Waals surface area contributed by atoms with Gasteiger partial charge in [0.1, 0.15) is 11.5 Å². The fraction of sp³-hybridized carbons (Fsp3) is 0.0417. The number of nitrogens with zero attached hydrogens (tertiary/aromatic N) is 2. The molecule has 0 aliphatic rings. The van der Waals surface area contributed by atoms with Crippen molar-refractivity contribution in [2.75, 3.05) is 5.32 Å². The van der Waals surface area contributed by atoms with E-state index >= 15 is 0 Å². The van der Waals surface area contributed by atoms with Crippen LogP contribution in [0.5, 0.6) is 11.5 Å². The van der Waals surface area contributed by atoms with E-state index in [-0.39, 0.29) is 10.8 Å². The van der Waals surface area contributed by atoms with Crippen molar-refractivity contribution in [3.8, 4) is 17.2 Å². The Hall–Kier alpha value is -4.18. The molecule has 0 fully saturated rings. The molecule has 1 amide bonds. The zero-order valence-electron chi connectivity index (χ0n) is 17.4. The third-order valence-corrected chi connectivity index (χ3v) is 4.79. The number of carbonyl (C=O) groups excluding carboxylic acids is 1. The summed E-state index contributed by atoms with van der Waals surface area (Å²) in [7, 11) is 0. The maximum absolute atomic E-state index is 13.8. The van der Waals surface area contributed by atoms with Crippen molar-refractivity contribution in [2.24, 2.45) is 0 Å². The van der Waals surface area contributed by atoms with E-state index in [0.717, 1.165) is 6.20 Å². The van der Waals surface area contributed by atoms with Gasteiger partial charge in [0, 0.05) is 11.8 Å². The number of amides is 1. The number of benzene rings is 3. The van der Waals surface area contributed by atoms with Gasteiger partial charge in [-0.15, -0.1) is 0 Å². The molecule has 0 aliphatic carbocycles. The van der Waals surface area contributed by atoms with Crippen LogP contribution in [0.2, 0.25) is 0 Å². The molecule has 4 aromatic rings. The maximum Gasteiger partial charge on any atom is 0.434 e. The Labute approximate surface area is 198 Å². The highest BCUT2D eigenvalue weighted by Crippen LogP contribution is 2.33. The second-order valence-corrected chi connectivity index (χ2v) is 7.41. The standard InChI is InChI=1S/C24H17F3N4O2S/c25-24(26,27)21-20(15-28-31(21)17-9-3-1-4-10-17)22(32)30-23(34)29-16-8-7-13-19(14-16)33-18-11-5-2-6-12-18/h1-15H,(H2,29,30,32,34). The van der Waals surface area contributed by atoms with Crippen LogP contribution in [0.1, 0.15) is 16.1 Å². The van der Waals surface area contributed by atoms with E-state index < -0.39 is 23.3 Å². The highest BCUT2D eigenvalue weighted by Gasteiger charge is 2.40. The van der Waals surface area contributed by atoms with E-state index in [0.29, 0.717) is 21.9 Å². The van der Waals surface area contributed by atoms with Crippen LogP contribution in [0.3, 0.4) is 0 Å². The number of carbonyl (C=O) groups is 1. The SMILES string of the molecule is O=C(NC(=S)Nc1cccc(Oc2ccccc2)c1)c1cnn(-c2ccccc2)c1C(F)(F)F. The molecule has 0 saturated heterocycles. The Kier molecular flexibility index (Phi) is 6.60. The van der Waals surface area contributed by atoms with Crippen LogP contribution in [-0.2, 0) is 6.18 Å². The number of para-hydroxylation sites is 2.